The predicted octanol–water partition coefficient (Wildman–Crippen LogP) is -0.175. The highest BCUT2D eigenvalue weighted by Gasteiger charge is 2.57. The van der Waals surface area contributed by atoms with Crippen molar-refractivity contribution in [3.63, 3.8) is 0 Å². The van der Waals surface area contributed by atoms with Crippen LogP contribution in [0.4, 0.5) is 0 Å². The van der Waals surface area contributed by atoms with E-state index >= 15 is 0 Å². The molecule has 1 aliphatic carbocycles. The monoisotopic (exact) mass is 267 g/mol. The number of ether oxygens (including phenoxy) is 1. The standard InChI is InChI=1S/C14H25N3O2/c18-13(12-11-14(12)1-3-15-4-2-14)16-5-6-17-7-9-19-10-8-17/h12,15H,1-11H2,(H,16,18). The molecule has 3 rings (SSSR count). The number of carbonyl (C=O) groups is 1. The molecular formula is C14H25N3O2. The maximum atomic E-state index is 12.1. The maximum absolute atomic E-state index is 12.1. The molecule has 19 heavy (non-hydrogen) atoms. The minimum atomic E-state index is 0.287. The molecular weight excluding hydrogens is 242 g/mol. The summed E-state index contributed by atoms with van der Waals surface area (Å²) in [5.41, 5.74) is 0.355. The first-order valence-electron chi connectivity index (χ1n) is 7.59. The summed E-state index contributed by atoms with van der Waals surface area (Å²) in [5.74, 6) is 0.578. The Morgan fingerprint density at radius 2 is 2.05 bits per heavy atom. The van der Waals surface area contributed by atoms with Gasteiger partial charge in [0.1, 0.15) is 0 Å². The molecule has 0 bridgehead atoms. The van der Waals surface area contributed by atoms with Gasteiger partial charge < -0.3 is 15.4 Å². The van der Waals surface area contributed by atoms with E-state index in [2.05, 4.69) is 15.5 Å². The second kappa shape index (κ2) is 5.77. The van der Waals surface area contributed by atoms with Crippen molar-refractivity contribution in [1.29, 1.82) is 0 Å². The second-order valence-corrected chi connectivity index (χ2v) is 6.11. The van der Waals surface area contributed by atoms with Crippen LogP contribution in [0, 0.1) is 11.3 Å². The maximum Gasteiger partial charge on any atom is 0.223 e. The largest absolute Gasteiger partial charge is 0.379 e. The SMILES string of the molecule is O=C(NCCN1CCOCC1)C1CC12CCNCC2. The number of amides is 1. The Balaban J connectivity index is 1.35. The van der Waals surface area contributed by atoms with Gasteiger partial charge in [0.05, 0.1) is 13.2 Å². The Labute approximate surface area is 115 Å². The van der Waals surface area contributed by atoms with Gasteiger partial charge in [0, 0.05) is 32.1 Å². The summed E-state index contributed by atoms with van der Waals surface area (Å²) in [5, 5.41) is 6.50. The fraction of sp³-hybridized carbons (Fsp3) is 0.929. The van der Waals surface area contributed by atoms with Gasteiger partial charge in [-0.1, -0.05) is 0 Å². The molecule has 108 valence electrons. The highest BCUT2D eigenvalue weighted by molar-refractivity contribution is 5.82. The van der Waals surface area contributed by atoms with Crippen molar-refractivity contribution in [1.82, 2.24) is 15.5 Å². The van der Waals surface area contributed by atoms with Crippen LogP contribution in [0.1, 0.15) is 19.3 Å². The van der Waals surface area contributed by atoms with Crippen LogP contribution in [-0.2, 0) is 9.53 Å². The first-order chi connectivity index (χ1) is 9.30. The van der Waals surface area contributed by atoms with Gasteiger partial charge in [0.2, 0.25) is 5.91 Å². The van der Waals surface area contributed by atoms with Gasteiger partial charge in [0.15, 0.2) is 0 Å². The molecule has 3 fully saturated rings. The number of carbonyl (C=O) groups excluding carboxylic acids is 1. The van der Waals surface area contributed by atoms with E-state index < -0.39 is 0 Å². The zero-order chi connectivity index (χ0) is 13.1. The van der Waals surface area contributed by atoms with Crippen molar-refractivity contribution in [2.75, 3.05) is 52.5 Å². The molecule has 0 aromatic rings. The summed E-state index contributed by atoms with van der Waals surface area (Å²) in [6.45, 7) is 7.54. The van der Waals surface area contributed by atoms with Crippen LogP contribution in [0.5, 0.6) is 0 Å². The number of piperidine rings is 1. The molecule has 1 spiro atoms. The van der Waals surface area contributed by atoms with E-state index in [-0.39, 0.29) is 5.91 Å². The van der Waals surface area contributed by atoms with E-state index in [0.717, 1.165) is 58.9 Å². The summed E-state index contributed by atoms with van der Waals surface area (Å²) in [6.07, 6.45) is 3.46. The Morgan fingerprint density at radius 1 is 1.32 bits per heavy atom. The normalized spacial score (nSPS) is 30.2. The van der Waals surface area contributed by atoms with Crippen LogP contribution >= 0.6 is 0 Å². The highest BCUT2D eigenvalue weighted by atomic mass is 16.5. The molecule has 2 heterocycles. The van der Waals surface area contributed by atoms with Crippen molar-refractivity contribution in [2.24, 2.45) is 11.3 Å². The number of nitrogens with zero attached hydrogens (tertiary/aromatic N) is 1. The Bertz CT molecular complexity index is 323. The van der Waals surface area contributed by atoms with E-state index in [0.29, 0.717) is 11.3 Å². The lowest BCUT2D eigenvalue weighted by molar-refractivity contribution is -0.123. The number of hydrogen-bond donors (Lipinski definition) is 2. The van der Waals surface area contributed by atoms with Crippen LogP contribution in [0.2, 0.25) is 0 Å². The molecule has 2 saturated heterocycles. The molecule has 1 unspecified atom stereocenters. The molecule has 5 nitrogen and oxygen atoms in total. The third kappa shape index (κ3) is 3.09. The molecule has 5 heteroatoms. The van der Waals surface area contributed by atoms with Crippen molar-refractivity contribution < 1.29 is 9.53 Å². The molecule has 0 aromatic heterocycles. The lowest BCUT2D eigenvalue weighted by Gasteiger charge is -2.26. The summed E-state index contributed by atoms with van der Waals surface area (Å²) >= 11 is 0. The lowest BCUT2D eigenvalue weighted by atomic mass is 9.92. The molecule has 0 radical (unpaired) electrons. The molecule has 1 saturated carbocycles. The number of nitrogens with one attached hydrogen (secondary N) is 2. The second-order valence-electron chi connectivity index (χ2n) is 6.11. The predicted molar refractivity (Wildman–Crippen MR) is 72.9 cm³/mol. The molecule has 1 atom stereocenters. The summed E-state index contributed by atoms with van der Waals surface area (Å²) < 4.78 is 5.32. The Morgan fingerprint density at radius 3 is 2.79 bits per heavy atom. The van der Waals surface area contributed by atoms with Crippen LogP contribution in [0.3, 0.4) is 0 Å². The van der Waals surface area contributed by atoms with E-state index in [4.69, 9.17) is 4.74 Å². The number of rotatable bonds is 4. The third-order valence-electron chi connectivity index (χ3n) is 4.94. The van der Waals surface area contributed by atoms with E-state index in [9.17, 15) is 4.79 Å². The third-order valence-corrected chi connectivity index (χ3v) is 4.94. The minimum Gasteiger partial charge on any atom is -0.379 e. The number of morpholine rings is 1. The summed E-state index contributed by atoms with van der Waals surface area (Å²) in [6, 6.07) is 0. The van der Waals surface area contributed by atoms with Gasteiger partial charge >= 0.3 is 0 Å². The van der Waals surface area contributed by atoms with Gasteiger partial charge in [-0.25, -0.2) is 0 Å². The zero-order valence-electron chi connectivity index (χ0n) is 11.6. The Kier molecular flexibility index (Phi) is 4.05. The minimum absolute atomic E-state index is 0.287. The Hall–Kier alpha value is -0.650. The quantitative estimate of drug-likeness (QED) is 0.742. The topological polar surface area (TPSA) is 53.6 Å². The molecule has 1 amide bonds. The zero-order valence-corrected chi connectivity index (χ0v) is 11.6. The van der Waals surface area contributed by atoms with E-state index in [1.54, 1.807) is 0 Å². The van der Waals surface area contributed by atoms with Crippen molar-refractivity contribution in [3.8, 4) is 0 Å². The van der Waals surface area contributed by atoms with Gasteiger partial charge in [0.25, 0.3) is 0 Å². The molecule has 2 N–H and O–H groups in total. The first-order valence-corrected chi connectivity index (χ1v) is 7.59. The lowest BCUT2D eigenvalue weighted by Crippen LogP contribution is -2.42. The summed E-state index contributed by atoms with van der Waals surface area (Å²) in [7, 11) is 0. The molecule has 2 aliphatic heterocycles. The van der Waals surface area contributed by atoms with Gasteiger partial charge in [-0.2, -0.15) is 0 Å². The number of hydrogen-bond acceptors (Lipinski definition) is 4. The van der Waals surface area contributed by atoms with Crippen LogP contribution < -0.4 is 10.6 Å². The van der Waals surface area contributed by atoms with Crippen molar-refractivity contribution in [2.45, 2.75) is 19.3 Å². The van der Waals surface area contributed by atoms with Gasteiger partial charge in [-0.05, 0) is 37.8 Å². The van der Waals surface area contributed by atoms with E-state index in [1.165, 1.54) is 12.8 Å². The molecule has 3 aliphatic rings. The average Bonchev–Trinajstić information content (AvgIpc) is 3.14. The van der Waals surface area contributed by atoms with Crippen LogP contribution in [0.15, 0.2) is 0 Å². The van der Waals surface area contributed by atoms with Gasteiger partial charge in [-0.3, -0.25) is 9.69 Å². The van der Waals surface area contributed by atoms with Crippen molar-refractivity contribution in [3.05, 3.63) is 0 Å². The highest BCUT2D eigenvalue weighted by Crippen LogP contribution is 2.58. The van der Waals surface area contributed by atoms with Crippen LogP contribution in [0.25, 0.3) is 0 Å². The molecule has 0 aromatic carbocycles. The average molecular weight is 267 g/mol. The van der Waals surface area contributed by atoms with E-state index in [1.807, 2.05) is 0 Å². The van der Waals surface area contributed by atoms with Crippen LogP contribution in [-0.4, -0.2) is 63.3 Å². The van der Waals surface area contributed by atoms with Crippen molar-refractivity contribution >= 4 is 5.91 Å². The summed E-state index contributed by atoms with van der Waals surface area (Å²) in [4.78, 5) is 14.5. The smallest absolute Gasteiger partial charge is 0.223 e. The fourth-order valence-corrected chi connectivity index (χ4v) is 3.48. The first kappa shape index (κ1) is 13.3. The fourth-order valence-electron chi connectivity index (χ4n) is 3.48. The van der Waals surface area contributed by atoms with Gasteiger partial charge in [-0.15, -0.1) is 0 Å².